The SMILES string of the molecule is CCc1cccc2c1nc(/C=C/c1ccc(CN3CCN(C)C3=O)cc1)n2CC. The van der Waals surface area contributed by atoms with Gasteiger partial charge in [-0.15, -0.1) is 0 Å². The third-order valence-electron chi connectivity index (χ3n) is 5.67. The predicted octanol–water partition coefficient (Wildman–Crippen LogP) is 4.66. The van der Waals surface area contributed by atoms with Crippen LogP contribution in [0.25, 0.3) is 23.2 Å². The molecule has 29 heavy (non-hydrogen) atoms. The summed E-state index contributed by atoms with van der Waals surface area (Å²) in [5.41, 5.74) is 5.87. The lowest BCUT2D eigenvalue weighted by Gasteiger charge is -2.15. The van der Waals surface area contributed by atoms with Crippen LogP contribution in [0.4, 0.5) is 4.79 Å². The summed E-state index contributed by atoms with van der Waals surface area (Å²) in [6.07, 6.45) is 5.19. The lowest BCUT2D eigenvalue weighted by atomic mass is 10.1. The van der Waals surface area contributed by atoms with Gasteiger partial charge in [0.1, 0.15) is 5.82 Å². The van der Waals surface area contributed by atoms with Gasteiger partial charge in [-0.2, -0.15) is 0 Å². The van der Waals surface area contributed by atoms with Crippen molar-refractivity contribution >= 4 is 29.2 Å². The van der Waals surface area contributed by atoms with Crippen molar-refractivity contribution in [3.8, 4) is 0 Å². The monoisotopic (exact) mass is 388 g/mol. The minimum atomic E-state index is 0.110. The molecule has 150 valence electrons. The lowest BCUT2D eigenvalue weighted by molar-refractivity contribution is 0.197. The maximum Gasteiger partial charge on any atom is 0.320 e. The second-order valence-corrected chi connectivity index (χ2v) is 7.55. The molecule has 1 fully saturated rings. The van der Waals surface area contributed by atoms with Crippen molar-refractivity contribution in [2.24, 2.45) is 0 Å². The van der Waals surface area contributed by atoms with Crippen LogP contribution in [0.2, 0.25) is 0 Å². The zero-order chi connectivity index (χ0) is 20.4. The fourth-order valence-corrected chi connectivity index (χ4v) is 3.94. The predicted molar refractivity (Wildman–Crippen MR) is 119 cm³/mol. The first-order chi connectivity index (χ1) is 14.1. The van der Waals surface area contributed by atoms with E-state index in [9.17, 15) is 4.79 Å². The molecule has 1 aliphatic heterocycles. The molecule has 5 heteroatoms. The Morgan fingerprint density at radius 3 is 2.48 bits per heavy atom. The molecule has 0 unspecified atom stereocenters. The van der Waals surface area contributed by atoms with Crippen molar-refractivity contribution in [1.82, 2.24) is 19.4 Å². The number of carbonyl (C=O) groups excluding carboxylic acids is 1. The van der Waals surface area contributed by atoms with Crippen molar-refractivity contribution in [3.63, 3.8) is 0 Å². The van der Waals surface area contributed by atoms with E-state index in [4.69, 9.17) is 4.98 Å². The summed E-state index contributed by atoms with van der Waals surface area (Å²) < 4.78 is 2.26. The fourth-order valence-electron chi connectivity index (χ4n) is 3.94. The molecule has 0 spiro atoms. The Hall–Kier alpha value is -3.08. The molecule has 2 heterocycles. The van der Waals surface area contributed by atoms with Crippen LogP contribution in [0.3, 0.4) is 0 Å². The van der Waals surface area contributed by atoms with E-state index in [2.05, 4.69) is 73.0 Å². The zero-order valence-electron chi connectivity index (χ0n) is 17.4. The van der Waals surface area contributed by atoms with Crippen LogP contribution in [-0.2, 0) is 19.5 Å². The van der Waals surface area contributed by atoms with Gasteiger partial charge in [0.15, 0.2) is 0 Å². The van der Waals surface area contributed by atoms with Crippen LogP contribution >= 0.6 is 0 Å². The number of para-hydroxylation sites is 1. The number of carbonyl (C=O) groups is 1. The minimum Gasteiger partial charge on any atom is -0.326 e. The van der Waals surface area contributed by atoms with E-state index in [1.54, 1.807) is 4.90 Å². The Morgan fingerprint density at radius 2 is 1.83 bits per heavy atom. The summed E-state index contributed by atoms with van der Waals surface area (Å²) >= 11 is 0. The van der Waals surface area contributed by atoms with Crippen LogP contribution in [0, 0.1) is 0 Å². The van der Waals surface area contributed by atoms with Gasteiger partial charge in [0, 0.05) is 33.2 Å². The average Bonchev–Trinajstić information content (AvgIpc) is 3.27. The molecule has 0 bridgehead atoms. The number of amides is 2. The number of rotatable bonds is 6. The average molecular weight is 389 g/mol. The lowest BCUT2D eigenvalue weighted by Crippen LogP contribution is -2.28. The van der Waals surface area contributed by atoms with E-state index < -0.39 is 0 Å². The van der Waals surface area contributed by atoms with Crippen molar-refractivity contribution in [2.75, 3.05) is 20.1 Å². The summed E-state index contributed by atoms with van der Waals surface area (Å²) in [4.78, 5) is 20.6. The minimum absolute atomic E-state index is 0.110. The van der Waals surface area contributed by atoms with Crippen LogP contribution in [-0.4, -0.2) is 45.5 Å². The highest BCUT2D eigenvalue weighted by Gasteiger charge is 2.24. The van der Waals surface area contributed by atoms with Crippen LogP contribution in [0.15, 0.2) is 42.5 Å². The van der Waals surface area contributed by atoms with Gasteiger partial charge in [-0.05, 0) is 42.2 Å². The largest absolute Gasteiger partial charge is 0.326 e. The van der Waals surface area contributed by atoms with Crippen LogP contribution < -0.4 is 0 Å². The highest BCUT2D eigenvalue weighted by atomic mass is 16.2. The highest BCUT2D eigenvalue weighted by molar-refractivity contribution is 5.82. The molecule has 0 radical (unpaired) electrons. The fraction of sp³-hybridized carbons (Fsp3) is 0.333. The molecular formula is C24H28N4O. The Morgan fingerprint density at radius 1 is 1.03 bits per heavy atom. The maximum absolute atomic E-state index is 12.0. The normalized spacial score (nSPS) is 14.7. The molecule has 1 aromatic heterocycles. The van der Waals surface area contributed by atoms with Gasteiger partial charge in [-0.25, -0.2) is 9.78 Å². The summed E-state index contributed by atoms with van der Waals surface area (Å²) in [5, 5.41) is 0. The first-order valence-corrected chi connectivity index (χ1v) is 10.4. The van der Waals surface area contributed by atoms with E-state index in [0.29, 0.717) is 6.54 Å². The van der Waals surface area contributed by atoms with Gasteiger partial charge >= 0.3 is 6.03 Å². The number of fused-ring (bicyclic) bond motifs is 1. The van der Waals surface area contributed by atoms with Crippen LogP contribution in [0.1, 0.15) is 36.4 Å². The number of imidazole rings is 1. The number of nitrogens with zero attached hydrogens (tertiary/aromatic N) is 4. The molecule has 1 saturated heterocycles. The van der Waals surface area contributed by atoms with E-state index >= 15 is 0 Å². The summed E-state index contributed by atoms with van der Waals surface area (Å²) in [7, 11) is 1.85. The molecule has 1 aliphatic rings. The first-order valence-electron chi connectivity index (χ1n) is 10.4. The number of hydrogen-bond donors (Lipinski definition) is 0. The van der Waals surface area contributed by atoms with Crippen molar-refractivity contribution < 1.29 is 4.79 Å². The van der Waals surface area contributed by atoms with E-state index in [-0.39, 0.29) is 6.03 Å². The third kappa shape index (κ3) is 3.77. The van der Waals surface area contributed by atoms with Crippen LogP contribution in [0.5, 0.6) is 0 Å². The van der Waals surface area contributed by atoms with E-state index in [1.807, 2.05) is 11.9 Å². The van der Waals surface area contributed by atoms with Gasteiger partial charge in [-0.3, -0.25) is 0 Å². The number of aromatic nitrogens is 2. The van der Waals surface area contributed by atoms with Crippen molar-refractivity contribution in [1.29, 1.82) is 0 Å². The third-order valence-corrected chi connectivity index (χ3v) is 5.67. The smallest absolute Gasteiger partial charge is 0.320 e. The second kappa shape index (κ2) is 8.11. The molecule has 0 atom stereocenters. The summed E-state index contributed by atoms with van der Waals surface area (Å²) in [6.45, 7) is 7.48. The Bertz CT molecular complexity index is 1050. The molecule has 2 amide bonds. The first kappa shape index (κ1) is 19.2. The van der Waals surface area contributed by atoms with E-state index in [1.165, 1.54) is 11.1 Å². The second-order valence-electron chi connectivity index (χ2n) is 7.55. The quantitative estimate of drug-likeness (QED) is 0.616. The van der Waals surface area contributed by atoms with Crippen molar-refractivity contribution in [2.45, 2.75) is 33.4 Å². The molecular weight excluding hydrogens is 360 g/mol. The molecule has 2 aromatic carbocycles. The molecule has 0 aliphatic carbocycles. The Balaban J connectivity index is 1.53. The molecule has 0 N–H and O–H groups in total. The van der Waals surface area contributed by atoms with Gasteiger partial charge in [0.2, 0.25) is 0 Å². The molecule has 4 rings (SSSR count). The highest BCUT2D eigenvalue weighted by Crippen LogP contribution is 2.22. The topological polar surface area (TPSA) is 41.4 Å². The molecule has 3 aromatic rings. The van der Waals surface area contributed by atoms with Crippen molar-refractivity contribution in [3.05, 3.63) is 65.0 Å². The van der Waals surface area contributed by atoms with Gasteiger partial charge in [0.05, 0.1) is 11.0 Å². The number of likely N-dealkylation sites (N-methyl/N-ethyl adjacent to an activating group) is 1. The number of benzene rings is 2. The summed E-state index contributed by atoms with van der Waals surface area (Å²) in [6, 6.07) is 14.9. The number of hydrogen-bond acceptors (Lipinski definition) is 2. The van der Waals surface area contributed by atoms with E-state index in [0.717, 1.165) is 48.5 Å². The molecule has 0 saturated carbocycles. The van der Waals surface area contributed by atoms with Gasteiger partial charge in [-0.1, -0.05) is 49.4 Å². The van der Waals surface area contributed by atoms with Gasteiger partial charge < -0.3 is 14.4 Å². The zero-order valence-corrected chi connectivity index (χ0v) is 17.4. The number of aryl methyl sites for hydroxylation is 2. The number of urea groups is 1. The van der Waals surface area contributed by atoms with Gasteiger partial charge in [0.25, 0.3) is 0 Å². The summed E-state index contributed by atoms with van der Waals surface area (Å²) in [5.74, 6) is 0.984. The Labute approximate surface area is 172 Å². The maximum atomic E-state index is 12.0. The standard InChI is InChI=1S/C24H28N4O/c1-4-20-7-6-8-21-23(20)25-22(28(21)5-2)14-13-18-9-11-19(12-10-18)17-27-16-15-26(3)24(27)29/h6-14H,4-5,15-17H2,1-3H3/b14-13+. The Kier molecular flexibility index (Phi) is 5.38. The molecule has 5 nitrogen and oxygen atoms in total.